The van der Waals surface area contributed by atoms with Gasteiger partial charge in [0.1, 0.15) is 6.10 Å². The Balaban J connectivity index is 1.20. The minimum atomic E-state index is -0.149. The zero-order valence-electron chi connectivity index (χ0n) is 22.9. The van der Waals surface area contributed by atoms with Crippen molar-refractivity contribution in [1.29, 1.82) is 0 Å². The van der Waals surface area contributed by atoms with Gasteiger partial charge in [0.05, 0.1) is 5.56 Å². The van der Waals surface area contributed by atoms with Crippen LogP contribution in [0.2, 0.25) is 0 Å². The molecule has 0 spiro atoms. The van der Waals surface area contributed by atoms with Gasteiger partial charge in [0.25, 0.3) is 0 Å². The molecule has 0 aromatic heterocycles. The first-order valence-corrected chi connectivity index (χ1v) is 15.1. The Labute approximate surface area is 220 Å². The molecule has 2 aromatic rings. The van der Waals surface area contributed by atoms with E-state index in [0.717, 1.165) is 31.6 Å². The summed E-state index contributed by atoms with van der Waals surface area (Å²) in [6.07, 6.45) is 18.7. The largest absolute Gasteiger partial charge is 0.459 e. The fourth-order valence-electron chi connectivity index (χ4n) is 6.53. The first-order valence-electron chi connectivity index (χ1n) is 15.1. The topological polar surface area (TPSA) is 26.3 Å². The predicted molar refractivity (Wildman–Crippen MR) is 151 cm³/mol. The number of carbonyl (C=O) groups excluding carboxylic acids is 1. The van der Waals surface area contributed by atoms with Gasteiger partial charge >= 0.3 is 5.97 Å². The molecule has 2 aliphatic rings. The van der Waals surface area contributed by atoms with Gasteiger partial charge in [-0.3, -0.25) is 0 Å². The van der Waals surface area contributed by atoms with Crippen LogP contribution in [-0.2, 0) is 11.2 Å². The maximum atomic E-state index is 12.8. The van der Waals surface area contributed by atoms with Crippen LogP contribution in [0.5, 0.6) is 0 Å². The molecule has 2 heteroatoms. The Hall–Kier alpha value is -2.09. The summed E-state index contributed by atoms with van der Waals surface area (Å²) in [4.78, 5) is 12.8. The number of rotatable bonds is 11. The lowest BCUT2D eigenvalue weighted by atomic mass is 9.77. The van der Waals surface area contributed by atoms with Crippen LogP contribution < -0.4 is 0 Å². The molecule has 2 aliphatic carbocycles. The molecule has 0 atom stereocenters. The second-order valence-electron chi connectivity index (χ2n) is 11.6. The van der Waals surface area contributed by atoms with Gasteiger partial charge in [-0.15, -0.1) is 0 Å². The lowest BCUT2D eigenvalue weighted by Crippen LogP contribution is -2.24. The Morgan fingerprint density at radius 3 is 1.86 bits per heavy atom. The molecule has 0 N–H and O–H groups in total. The Morgan fingerprint density at radius 1 is 0.694 bits per heavy atom. The molecule has 2 nitrogen and oxygen atoms in total. The van der Waals surface area contributed by atoms with Crippen LogP contribution in [-0.4, -0.2) is 12.1 Å². The number of hydrogen-bond acceptors (Lipinski definition) is 2. The number of unbranched alkanes of at least 4 members (excludes halogenated alkanes) is 3. The summed E-state index contributed by atoms with van der Waals surface area (Å²) < 4.78 is 5.93. The molecule has 2 aromatic carbocycles. The molecule has 0 bridgehead atoms. The maximum absolute atomic E-state index is 12.8. The number of carbonyl (C=O) groups is 1. The zero-order chi connectivity index (χ0) is 25.2. The predicted octanol–water partition coefficient (Wildman–Crippen LogP) is 9.77. The van der Waals surface area contributed by atoms with Gasteiger partial charge in [-0.25, -0.2) is 4.79 Å². The molecule has 36 heavy (non-hydrogen) atoms. The average molecular weight is 489 g/mol. The third-order valence-corrected chi connectivity index (χ3v) is 8.88. The maximum Gasteiger partial charge on any atom is 0.338 e. The first kappa shape index (κ1) is 27.0. The van der Waals surface area contributed by atoms with E-state index in [1.54, 1.807) is 0 Å². The standard InChI is InChI=1S/C34H48O2/c1-3-5-6-7-9-27-12-16-29(17-13-27)31-22-24-33(25-23-31)36-34(35)32-20-18-30(19-21-32)28-14-10-26(8-4-2)11-15-28/h12-13,16-21,26,28,31,33H,3-11,14-15,22-25H2,1-2H3. The quantitative estimate of drug-likeness (QED) is 0.232. The first-order chi connectivity index (χ1) is 17.7. The summed E-state index contributed by atoms with van der Waals surface area (Å²) in [5.41, 5.74) is 5.02. The van der Waals surface area contributed by atoms with E-state index in [1.165, 1.54) is 87.3 Å². The van der Waals surface area contributed by atoms with E-state index < -0.39 is 0 Å². The number of esters is 1. The highest BCUT2D eigenvalue weighted by Crippen LogP contribution is 2.38. The van der Waals surface area contributed by atoms with Gasteiger partial charge in [0.2, 0.25) is 0 Å². The van der Waals surface area contributed by atoms with Crippen LogP contribution in [0.15, 0.2) is 48.5 Å². The molecular weight excluding hydrogens is 440 g/mol. The van der Waals surface area contributed by atoms with Crippen LogP contribution in [0, 0.1) is 5.92 Å². The van der Waals surface area contributed by atoms with E-state index in [2.05, 4.69) is 50.2 Å². The van der Waals surface area contributed by atoms with Crippen molar-refractivity contribution in [1.82, 2.24) is 0 Å². The van der Waals surface area contributed by atoms with Crippen molar-refractivity contribution in [2.45, 2.75) is 128 Å². The lowest BCUT2D eigenvalue weighted by Gasteiger charge is -2.29. The van der Waals surface area contributed by atoms with Gasteiger partial charge in [-0.05, 0) is 111 Å². The van der Waals surface area contributed by atoms with Gasteiger partial charge in [0.15, 0.2) is 0 Å². The number of benzene rings is 2. The molecule has 0 heterocycles. The second kappa shape index (κ2) is 14.0. The number of hydrogen-bond donors (Lipinski definition) is 0. The summed E-state index contributed by atoms with van der Waals surface area (Å²) >= 11 is 0. The Morgan fingerprint density at radius 2 is 1.28 bits per heavy atom. The Bertz CT molecular complexity index is 897. The van der Waals surface area contributed by atoms with E-state index in [9.17, 15) is 4.79 Å². The minimum absolute atomic E-state index is 0.0557. The molecule has 0 amide bonds. The van der Waals surface area contributed by atoms with Crippen LogP contribution in [0.1, 0.15) is 143 Å². The van der Waals surface area contributed by atoms with Crippen LogP contribution in [0.25, 0.3) is 0 Å². The summed E-state index contributed by atoms with van der Waals surface area (Å²) in [6, 6.07) is 17.7. The summed E-state index contributed by atoms with van der Waals surface area (Å²) in [5, 5.41) is 0. The molecule has 0 aliphatic heterocycles. The van der Waals surface area contributed by atoms with Gasteiger partial charge < -0.3 is 4.74 Å². The van der Waals surface area contributed by atoms with E-state index in [1.807, 2.05) is 12.1 Å². The SMILES string of the molecule is CCCCCCc1ccc(C2CCC(OC(=O)c3ccc(C4CCC(CCC)CC4)cc3)CC2)cc1. The normalized spacial score (nSPS) is 24.4. The second-order valence-corrected chi connectivity index (χ2v) is 11.6. The molecule has 2 fully saturated rings. The molecular formula is C34H48O2. The molecule has 196 valence electrons. The van der Waals surface area contributed by atoms with Gasteiger partial charge in [-0.1, -0.05) is 82.3 Å². The third-order valence-electron chi connectivity index (χ3n) is 8.88. The zero-order valence-corrected chi connectivity index (χ0v) is 22.9. The van der Waals surface area contributed by atoms with Gasteiger partial charge in [-0.2, -0.15) is 0 Å². The van der Waals surface area contributed by atoms with Crippen molar-refractivity contribution in [2.75, 3.05) is 0 Å². The van der Waals surface area contributed by atoms with Gasteiger partial charge in [0, 0.05) is 0 Å². The van der Waals surface area contributed by atoms with Crippen molar-refractivity contribution in [2.24, 2.45) is 5.92 Å². The summed E-state index contributed by atoms with van der Waals surface area (Å²) in [6.45, 7) is 4.56. The lowest BCUT2D eigenvalue weighted by molar-refractivity contribution is 0.0195. The minimum Gasteiger partial charge on any atom is -0.459 e. The van der Waals surface area contributed by atoms with Crippen molar-refractivity contribution in [3.05, 3.63) is 70.8 Å². The number of ether oxygens (including phenoxy) is 1. The van der Waals surface area contributed by atoms with E-state index in [-0.39, 0.29) is 12.1 Å². The van der Waals surface area contributed by atoms with Crippen molar-refractivity contribution >= 4 is 5.97 Å². The Kier molecular flexibility index (Phi) is 10.5. The molecule has 4 rings (SSSR count). The smallest absolute Gasteiger partial charge is 0.338 e. The summed E-state index contributed by atoms with van der Waals surface area (Å²) in [5.74, 6) is 2.04. The van der Waals surface area contributed by atoms with Crippen molar-refractivity contribution < 1.29 is 9.53 Å². The van der Waals surface area contributed by atoms with E-state index >= 15 is 0 Å². The third kappa shape index (κ3) is 7.70. The highest BCUT2D eigenvalue weighted by Gasteiger charge is 2.26. The van der Waals surface area contributed by atoms with Crippen molar-refractivity contribution in [3.63, 3.8) is 0 Å². The number of aryl methyl sites for hydroxylation is 1. The molecule has 0 radical (unpaired) electrons. The van der Waals surface area contributed by atoms with E-state index in [0.29, 0.717) is 17.4 Å². The van der Waals surface area contributed by atoms with E-state index in [4.69, 9.17) is 4.74 Å². The van der Waals surface area contributed by atoms with Crippen LogP contribution in [0.4, 0.5) is 0 Å². The fourth-order valence-corrected chi connectivity index (χ4v) is 6.53. The van der Waals surface area contributed by atoms with Crippen molar-refractivity contribution in [3.8, 4) is 0 Å². The monoisotopic (exact) mass is 488 g/mol. The molecule has 0 unspecified atom stereocenters. The highest BCUT2D eigenvalue weighted by molar-refractivity contribution is 5.89. The summed E-state index contributed by atoms with van der Waals surface area (Å²) in [7, 11) is 0. The van der Waals surface area contributed by atoms with Crippen LogP contribution in [0.3, 0.4) is 0 Å². The molecule has 2 saturated carbocycles. The average Bonchev–Trinajstić information content (AvgIpc) is 2.93. The fraction of sp³-hybridized carbons (Fsp3) is 0.618. The highest BCUT2D eigenvalue weighted by atomic mass is 16.5. The van der Waals surface area contributed by atoms with Crippen LogP contribution >= 0.6 is 0 Å². The molecule has 0 saturated heterocycles.